The Labute approximate surface area is 164 Å². The third-order valence-corrected chi connectivity index (χ3v) is 4.66. The molecule has 1 atom stereocenters. The standard InChI is InChI=1S/C20H27N3O5/c1-3-27-15-7-5-14(6-8-15)18-17(19(24)28-4-2)16(21-20(25)22-18)13-23-9-11-26-12-10-23/h5-8,18H,3-4,9-13H2,1-2H3,(H2,21,22,25)/t18-/m0/s1. The Morgan fingerprint density at radius 2 is 1.89 bits per heavy atom. The summed E-state index contributed by atoms with van der Waals surface area (Å²) in [5, 5.41) is 5.65. The van der Waals surface area contributed by atoms with E-state index >= 15 is 0 Å². The summed E-state index contributed by atoms with van der Waals surface area (Å²) >= 11 is 0. The summed E-state index contributed by atoms with van der Waals surface area (Å²) in [6, 6.07) is 6.45. The number of esters is 1. The van der Waals surface area contributed by atoms with Crippen LogP contribution in [0.2, 0.25) is 0 Å². The van der Waals surface area contributed by atoms with Gasteiger partial charge in [0.15, 0.2) is 0 Å². The first-order valence-corrected chi connectivity index (χ1v) is 9.63. The number of carbonyl (C=O) groups is 2. The van der Waals surface area contributed by atoms with Crippen LogP contribution in [0, 0.1) is 0 Å². The molecule has 2 aliphatic rings. The first-order chi connectivity index (χ1) is 13.6. The Balaban J connectivity index is 1.93. The van der Waals surface area contributed by atoms with Gasteiger partial charge in [0.2, 0.25) is 0 Å². The van der Waals surface area contributed by atoms with E-state index in [0.717, 1.165) is 24.4 Å². The van der Waals surface area contributed by atoms with Crippen LogP contribution < -0.4 is 15.4 Å². The van der Waals surface area contributed by atoms with Crippen molar-refractivity contribution in [2.75, 3.05) is 46.1 Å². The lowest BCUT2D eigenvalue weighted by molar-refractivity contribution is -0.139. The van der Waals surface area contributed by atoms with Crippen LogP contribution in [0.1, 0.15) is 25.5 Å². The zero-order valence-electron chi connectivity index (χ0n) is 16.3. The van der Waals surface area contributed by atoms with E-state index in [1.54, 1.807) is 6.92 Å². The second-order valence-corrected chi connectivity index (χ2v) is 6.53. The van der Waals surface area contributed by atoms with E-state index in [2.05, 4.69) is 15.5 Å². The minimum Gasteiger partial charge on any atom is -0.494 e. The topological polar surface area (TPSA) is 89.1 Å². The SMILES string of the molecule is CCOC(=O)C1=C(CN2CCOCC2)NC(=O)N[C@H]1c1ccc(OCC)cc1. The number of amides is 2. The van der Waals surface area contributed by atoms with Crippen molar-refractivity contribution in [1.29, 1.82) is 0 Å². The Morgan fingerprint density at radius 3 is 2.54 bits per heavy atom. The fraction of sp³-hybridized carbons (Fsp3) is 0.500. The van der Waals surface area contributed by atoms with Crippen molar-refractivity contribution in [3.05, 3.63) is 41.1 Å². The molecule has 0 saturated carbocycles. The molecule has 8 nitrogen and oxygen atoms in total. The van der Waals surface area contributed by atoms with Crippen LogP contribution in [0.5, 0.6) is 5.75 Å². The summed E-state index contributed by atoms with van der Waals surface area (Å²) in [6.07, 6.45) is 0. The van der Waals surface area contributed by atoms with Gasteiger partial charge in [-0.25, -0.2) is 9.59 Å². The molecule has 8 heteroatoms. The smallest absolute Gasteiger partial charge is 0.338 e. The van der Waals surface area contributed by atoms with Crippen molar-refractivity contribution in [3.63, 3.8) is 0 Å². The van der Waals surface area contributed by atoms with Crippen LogP contribution in [0.3, 0.4) is 0 Å². The Bertz CT molecular complexity index is 726. The fourth-order valence-corrected chi connectivity index (χ4v) is 3.35. The molecule has 3 rings (SSSR count). The third kappa shape index (κ3) is 4.82. The molecule has 0 radical (unpaired) electrons. The van der Waals surface area contributed by atoms with Crippen molar-refractivity contribution < 1.29 is 23.8 Å². The lowest BCUT2D eigenvalue weighted by atomic mass is 9.95. The van der Waals surface area contributed by atoms with Crippen LogP contribution in [0.25, 0.3) is 0 Å². The van der Waals surface area contributed by atoms with Crippen LogP contribution >= 0.6 is 0 Å². The van der Waals surface area contributed by atoms with Gasteiger partial charge in [-0.3, -0.25) is 4.90 Å². The van der Waals surface area contributed by atoms with Gasteiger partial charge in [-0.2, -0.15) is 0 Å². The molecule has 1 fully saturated rings. The first kappa shape index (κ1) is 20.2. The molecular formula is C20H27N3O5. The fourth-order valence-electron chi connectivity index (χ4n) is 3.35. The van der Waals surface area contributed by atoms with Gasteiger partial charge in [0.25, 0.3) is 0 Å². The van der Waals surface area contributed by atoms with Crippen molar-refractivity contribution in [1.82, 2.24) is 15.5 Å². The largest absolute Gasteiger partial charge is 0.494 e. The van der Waals surface area contributed by atoms with Gasteiger partial charge < -0.3 is 24.8 Å². The van der Waals surface area contributed by atoms with Gasteiger partial charge >= 0.3 is 12.0 Å². The first-order valence-electron chi connectivity index (χ1n) is 9.63. The van der Waals surface area contributed by atoms with E-state index in [1.165, 1.54) is 0 Å². The van der Waals surface area contributed by atoms with Crippen molar-refractivity contribution >= 4 is 12.0 Å². The number of ether oxygens (including phenoxy) is 3. The highest BCUT2D eigenvalue weighted by Crippen LogP contribution is 2.29. The number of urea groups is 1. The highest BCUT2D eigenvalue weighted by atomic mass is 16.5. The molecular weight excluding hydrogens is 362 g/mol. The number of nitrogens with one attached hydrogen (secondary N) is 2. The molecule has 0 bridgehead atoms. The number of benzene rings is 1. The predicted octanol–water partition coefficient (Wildman–Crippen LogP) is 1.59. The quantitative estimate of drug-likeness (QED) is 0.689. The summed E-state index contributed by atoms with van der Waals surface area (Å²) in [5.41, 5.74) is 1.79. The molecule has 0 unspecified atom stereocenters. The van der Waals surface area contributed by atoms with Gasteiger partial charge in [0.1, 0.15) is 5.75 Å². The van der Waals surface area contributed by atoms with Crippen LogP contribution in [-0.2, 0) is 14.3 Å². The van der Waals surface area contributed by atoms with Crippen molar-refractivity contribution in [2.24, 2.45) is 0 Å². The number of hydrogen-bond acceptors (Lipinski definition) is 6. The van der Waals surface area contributed by atoms with Gasteiger partial charge in [0.05, 0.1) is 38.0 Å². The summed E-state index contributed by atoms with van der Waals surface area (Å²) in [5.74, 6) is 0.304. The number of morpholine rings is 1. The molecule has 0 aromatic heterocycles. The Morgan fingerprint density at radius 1 is 1.18 bits per heavy atom. The average molecular weight is 389 g/mol. The molecule has 28 heavy (non-hydrogen) atoms. The van der Waals surface area contributed by atoms with Crippen LogP contribution in [0.15, 0.2) is 35.5 Å². The molecule has 2 heterocycles. The molecule has 2 aliphatic heterocycles. The lowest BCUT2D eigenvalue weighted by Crippen LogP contribution is -2.49. The van der Waals surface area contributed by atoms with Gasteiger partial charge in [0, 0.05) is 25.3 Å². The molecule has 0 aliphatic carbocycles. The highest BCUT2D eigenvalue weighted by Gasteiger charge is 2.34. The minimum atomic E-state index is -0.584. The predicted molar refractivity (Wildman–Crippen MR) is 103 cm³/mol. The Hall–Kier alpha value is -2.58. The average Bonchev–Trinajstić information content (AvgIpc) is 2.69. The number of nitrogens with zero attached hydrogens (tertiary/aromatic N) is 1. The van der Waals surface area contributed by atoms with E-state index in [-0.39, 0.29) is 12.6 Å². The summed E-state index contributed by atoms with van der Waals surface area (Å²) in [6.45, 7) is 7.73. The normalized spacial score (nSPS) is 20.4. The van der Waals surface area contributed by atoms with Crippen molar-refractivity contribution in [3.8, 4) is 5.75 Å². The zero-order valence-corrected chi connectivity index (χ0v) is 16.3. The minimum absolute atomic E-state index is 0.261. The lowest BCUT2D eigenvalue weighted by Gasteiger charge is -2.33. The number of carbonyl (C=O) groups excluding carboxylic acids is 2. The van der Waals surface area contributed by atoms with Crippen LogP contribution in [0.4, 0.5) is 4.79 Å². The van der Waals surface area contributed by atoms with E-state index in [1.807, 2.05) is 31.2 Å². The Kier molecular flexibility index (Phi) is 6.89. The molecule has 1 saturated heterocycles. The molecule has 0 spiro atoms. The van der Waals surface area contributed by atoms with E-state index in [4.69, 9.17) is 14.2 Å². The van der Waals surface area contributed by atoms with Crippen molar-refractivity contribution in [2.45, 2.75) is 19.9 Å². The van der Waals surface area contributed by atoms with Gasteiger partial charge in [-0.05, 0) is 31.5 Å². The highest BCUT2D eigenvalue weighted by molar-refractivity contribution is 5.95. The molecule has 1 aromatic rings. The maximum atomic E-state index is 12.8. The number of rotatable bonds is 7. The van der Waals surface area contributed by atoms with E-state index in [9.17, 15) is 9.59 Å². The summed E-state index contributed by atoms with van der Waals surface area (Å²) in [7, 11) is 0. The van der Waals surface area contributed by atoms with Gasteiger partial charge in [-0.1, -0.05) is 12.1 Å². The molecule has 152 valence electrons. The maximum Gasteiger partial charge on any atom is 0.338 e. The summed E-state index contributed by atoms with van der Waals surface area (Å²) < 4.78 is 16.2. The van der Waals surface area contributed by atoms with Crippen LogP contribution in [-0.4, -0.2) is 63.0 Å². The maximum absolute atomic E-state index is 12.8. The molecule has 1 aromatic carbocycles. The summed E-state index contributed by atoms with van der Waals surface area (Å²) in [4.78, 5) is 27.2. The second-order valence-electron chi connectivity index (χ2n) is 6.53. The molecule has 2 N–H and O–H groups in total. The monoisotopic (exact) mass is 389 g/mol. The van der Waals surface area contributed by atoms with Gasteiger partial charge in [-0.15, -0.1) is 0 Å². The van der Waals surface area contributed by atoms with E-state index in [0.29, 0.717) is 37.6 Å². The van der Waals surface area contributed by atoms with E-state index < -0.39 is 12.0 Å². The zero-order chi connectivity index (χ0) is 19.9. The number of hydrogen-bond donors (Lipinski definition) is 2. The second kappa shape index (κ2) is 9.57. The molecule has 2 amide bonds. The third-order valence-electron chi connectivity index (χ3n) is 4.66.